The number of nitrogens with one attached hydrogen (secondary N) is 1. The molecule has 1 N–H and O–H groups in total. The van der Waals surface area contributed by atoms with E-state index in [1.54, 1.807) is 11.9 Å². The minimum atomic E-state index is -0.144. The fourth-order valence-electron chi connectivity index (χ4n) is 1.78. The zero-order valence-corrected chi connectivity index (χ0v) is 13.1. The Kier molecular flexibility index (Phi) is 4.67. The summed E-state index contributed by atoms with van der Waals surface area (Å²) in [6, 6.07) is 3.58. The molecule has 0 aromatic carbocycles. The van der Waals surface area contributed by atoms with Crippen molar-refractivity contribution in [1.82, 2.24) is 15.4 Å². The predicted octanol–water partition coefficient (Wildman–Crippen LogP) is 3.35. The lowest BCUT2D eigenvalue weighted by Crippen LogP contribution is -2.36. The van der Waals surface area contributed by atoms with Gasteiger partial charge < -0.3 is 14.7 Å². The molecule has 0 spiro atoms. The van der Waals surface area contributed by atoms with Crippen LogP contribution >= 0.6 is 22.9 Å². The molecule has 0 aliphatic heterocycles. The first kappa shape index (κ1) is 14.9. The van der Waals surface area contributed by atoms with Gasteiger partial charge in [-0.25, -0.2) is 4.79 Å². The molecule has 20 heavy (non-hydrogen) atoms. The first-order chi connectivity index (χ1) is 9.47. The van der Waals surface area contributed by atoms with Gasteiger partial charge in [0.05, 0.1) is 23.1 Å². The zero-order valence-electron chi connectivity index (χ0n) is 11.6. The SMILES string of the molecule is Cc1noc(C)c1CN(C)C(=O)NCc1ccc(Cl)s1. The Morgan fingerprint density at radius 1 is 1.50 bits per heavy atom. The minimum Gasteiger partial charge on any atom is -0.361 e. The number of carbonyl (C=O) groups is 1. The molecular weight excluding hydrogens is 298 g/mol. The number of rotatable bonds is 4. The number of amides is 2. The third-order valence-electron chi connectivity index (χ3n) is 2.97. The normalized spacial score (nSPS) is 10.6. The molecule has 2 amide bonds. The van der Waals surface area contributed by atoms with Gasteiger partial charge in [0, 0.05) is 17.5 Å². The van der Waals surface area contributed by atoms with Gasteiger partial charge in [0.1, 0.15) is 5.76 Å². The molecule has 0 aliphatic rings. The lowest BCUT2D eigenvalue weighted by Gasteiger charge is -2.17. The third-order valence-corrected chi connectivity index (χ3v) is 4.20. The number of aryl methyl sites for hydroxylation is 2. The number of thiophene rings is 1. The van der Waals surface area contributed by atoms with Crippen molar-refractivity contribution in [3.05, 3.63) is 38.4 Å². The van der Waals surface area contributed by atoms with Gasteiger partial charge >= 0.3 is 6.03 Å². The van der Waals surface area contributed by atoms with Gasteiger partial charge in [-0.05, 0) is 26.0 Å². The van der Waals surface area contributed by atoms with Crippen LogP contribution in [0.4, 0.5) is 4.79 Å². The van der Waals surface area contributed by atoms with Crippen LogP contribution in [0.5, 0.6) is 0 Å². The first-order valence-corrected chi connectivity index (χ1v) is 7.31. The highest BCUT2D eigenvalue weighted by Gasteiger charge is 2.15. The maximum Gasteiger partial charge on any atom is 0.317 e. The molecule has 0 unspecified atom stereocenters. The molecule has 108 valence electrons. The topological polar surface area (TPSA) is 58.4 Å². The van der Waals surface area contributed by atoms with Gasteiger partial charge in [-0.3, -0.25) is 0 Å². The molecule has 0 saturated heterocycles. The van der Waals surface area contributed by atoms with Gasteiger partial charge in [-0.2, -0.15) is 0 Å². The van der Waals surface area contributed by atoms with E-state index in [-0.39, 0.29) is 6.03 Å². The average molecular weight is 314 g/mol. The number of hydrogen-bond donors (Lipinski definition) is 1. The van der Waals surface area contributed by atoms with Crippen molar-refractivity contribution in [2.75, 3.05) is 7.05 Å². The fourth-order valence-corrected chi connectivity index (χ4v) is 2.81. The van der Waals surface area contributed by atoms with E-state index in [0.29, 0.717) is 13.1 Å². The first-order valence-electron chi connectivity index (χ1n) is 6.12. The molecule has 0 fully saturated rings. The third kappa shape index (κ3) is 3.52. The Balaban J connectivity index is 1.89. The molecule has 7 heteroatoms. The van der Waals surface area contributed by atoms with E-state index in [2.05, 4.69) is 10.5 Å². The van der Waals surface area contributed by atoms with Gasteiger partial charge in [-0.1, -0.05) is 16.8 Å². The summed E-state index contributed by atoms with van der Waals surface area (Å²) in [6.45, 7) is 4.65. The highest BCUT2D eigenvalue weighted by atomic mass is 35.5. The molecule has 2 aromatic heterocycles. The summed E-state index contributed by atoms with van der Waals surface area (Å²) in [6.07, 6.45) is 0. The quantitative estimate of drug-likeness (QED) is 0.941. The number of nitrogens with zero attached hydrogens (tertiary/aromatic N) is 2. The molecule has 0 aliphatic carbocycles. The summed E-state index contributed by atoms with van der Waals surface area (Å²) in [5, 5.41) is 6.73. The smallest absolute Gasteiger partial charge is 0.317 e. The molecule has 2 rings (SSSR count). The van der Waals surface area contributed by atoms with Crippen LogP contribution in [-0.4, -0.2) is 23.1 Å². The second-order valence-electron chi connectivity index (χ2n) is 4.52. The van der Waals surface area contributed by atoms with Crippen LogP contribution in [0.25, 0.3) is 0 Å². The van der Waals surface area contributed by atoms with Gasteiger partial charge in [0.15, 0.2) is 0 Å². The monoisotopic (exact) mass is 313 g/mol. The average Bonchev–Trinajstić information content (AvgIpc) is 2.96. The summed E-state index contributed by atoms with van der Waals surface area (Å²) in [5.74, 6) is 0.743. The summed E-state index contributed by atoms with van der Waals surface area (Å²) in [5.41, 5.74) is 1.76. The standard InChI is InChI=1S/C13H16ClN3O2S/c1-8-11(9(2)19-16-8)7-17(3)13(18)15-6-10-4-5-12(14)20-10/h4-5H,6-7H2,1-3H3,(H,15,18). The van der Waals surface area contributed by atoms with Crippen LogP contribution in [0.3, 0.4) is 0 Å². The predicted molar refractivity (Wildman–Crippen MR) is 79.0 cm³/mol. The molecule has 0 saturated carbocycles. The van der Waals surface area contributed by atoms with Crippen LogP contribution in [0.1, 0.15) is 21.9 Å². The van der Waals surface area contributed by atoms with Crippen LogP contribution in [0.15, 0.2) is 16.7 Å². The van der Waals surface area contributed by atoms with E-state index < -0.39 is 0 Å². The van der Waals surface area contributed by atoms with Gasteiger partial charge in [0.2, 0.25) is 0 Å². The summed E-state index contributed by atoms with van der Waals surface area (Å²) in [4.78, 5) is 14.6. The Bertz CT molecular complexity index is 589. The van der Waals surface area contributed by atoms with E-state index in [4.69, 9.17) is 16.1 Å². The van der Waals surface area contributed by atoms with E-state index in [1.807, 2.05) is 26.0 Å². The maximum atomic E-state index is 12.0. The number of hydrogen-bond acceptors (Lipinski definition) is 4. The highest BCUT2D eigenvalue weighted by molar-refractivity contribution is 7.16. The number of halogens is 1. The number of urea groups is 1. The molecule has 0 bridgehead atoms. The lowest BCUT2D eigenvalue weighted by molar-refractivity contribution is 0.206. The van der Waals surface area contributed by atoms with Crippen LogP contribution in [0, 0.1) is 13.8 Å². The van der Waals surface area contributed by atoms with Crippen molar-refractivity contribution in [2.45, 2.75) is 26.9 Å². The Hall–Kier alpha value is -1.53. The zero-order chi connectivity index (χ0) is 14.7. The van der Waals surface area contributed by atoms with E-state index in [1.165, 1.54) is 11.3 Å². The number of carbonyl (C=O) groups excluding carboxylic acids is 1. The van der Waals surface area contributed by atoms with Crippen molar-refractivity contribution in [1.29, 1.82) is 0 Å². The Morgan fingerprint density at radius 3 is 2.80 bits per heavy atom. The molecular formula is C13H16ClN3O2S. The van der Waals surface area contributed by atoms with Gasteiger partial charge in [0.25, 0.3) is 0 Å². The second kappa shape index (κ2) is 6.28. The van der Waals surface area contributed by atoms with Crippen LogP contribution in [-0.2, 0) is 13.1 Å². The molecule has 0 radical (unpaired) electrons. The van der Waals surface area contributed by atoms with Crippen LogP contribution in [0.2, 0.25) is 4.34 Å². The van der Waals surface area contributed by atoms with Crippen molar-refractivity contribution in [3.8, 4) is 0 Å². The Labute approximate surface area is 126 Å². The summed E-state index contributed by atoms with van der Waals surface area (Å²) >= 11 is 7.30. The minimum absolute atomic E-state index is 0.144. The highest BCUT2D eigenvalue weighted by Crippen LogP contribution is 2.21. The maximum absolute atomic E-state index is 12.0. The van der Waals surface area contributed by atoms with E-state index in [9.17, 15) is 4.79 Å². The van der Waals surface area contributed by atoms with Gasteiger partial charge in [-0.15, -0.1) is 11.3 Å². The summed E-state index contributed by atoms with van der Waals surface area (Å²) < 4.78 is 5.81. The summed E-state index contributed by atoms with van der Waals surface area (Å²) in [7, 11) is 1.74. The Morgan fingerprint density at radius 2 is 2.25 bits per heavy atom. The van der Waals surface area contributed by atoms with Crippen molar-refractivity contribution in [2.24, 2.45) is 0 Å². The molecule has 2 aromatic rings. The number of aromatic nitrogens is 1. The van der Waals surface area contributed by atoms with Crippen molar-refractivity contribution in [3.63, 3.8) is 0 Å². The lowest BCUT2D eigenvalue weighted by atomic mass is 10.2. The van der Waals surface area contributed by atoms with Crippen molar-refractivity contribution < 1.29 is 9.32 Å². The second-order valence-corrected chi connectivity index (χ2v) is 6.32. The van der Waals surface area contributed by atoms with Crippen LogP contribution < -0.4 is 5.32 Å². The molecule has 2 heterocycles. The van der Waals surface area contributed by atoms with Crippen molar-refractivity contribution >= 4 is 29.0 Å². The molecule has 5 nitrogen and oxygen atoms in total. The largest absolute Gasteiger partial charge is 0.361 e. The van der Waals surface area contributed by atoms with E-state index >= 15 is 0 Å². The van der Waals surface area contributed by atoms with E-state index in [0.717, 1.165) is 26.2 Å². The fraction of sp³-hybridized carbons (Fsp3) is 0.385. The molecule has 0 atom stereocenters.